The van der Waals surface area contributed by atoms with Crippen LogP contribution in [0.2, 0.25) is 0 Å². The van der Waals surface area contributed by atoms with E-state index in [4.69, 9.17) is 4.74 Å². The third kappa shape index (κ3) is 3.70. The molecule has 1 N–H and O–H groups in total. The van der Waals surface area contributed by atoms with Gasteiger partial charge in [0.2, 0.25) is 0 Å². The van der Waals surface area contributed by atoms with E-state index in [1.165, 1.54) is 42.1 Å². The smallest absolute Gasteiger partial charge is 0.341 e. The molecule has 0 aliphatic heterocycles. The summed E-state index contributed by atoms with van der Waals surface area (Å²) in [5, 5.41) is 3.28. The van der Waals surface area contributed by atoms with Crippen molar-refractivity contribution >= 4 is 39.2 Å². The van der Waals surface area contributed by atoms with Gasteiger partial charge in [0.15, 0.2) is 0 Å². The van der Waals surface area contributed by atoms with Crippen LogP contribution in [0.1, 0.15) is 39.6 Å². The van der Waals surface area contributed by atoms with E-state index in [0.29, 0.717) is 11.4 Å². The predicted molar refractivity (Wildman–Crippen MR) is 110 cm³/mol. The van der Waals surface area contributed by atoms with Crippen molar-refractivity contribution in [1.29, 1.82) is 0 Å². The zero-order chi connectivity index (χ0) is 21.3. The quantitative estimate of drug-likeness (QED) is 0.634. The lowest BCUT2D eigenvalue weighted by Crippen LogP contribution is -2.37. The van der Waals surface area contributed by atoms with Crippen LogP contribution >= 0.6 is 11.3 Å². The molecule has 0 spiro atoms. The van der Waals surface area contributed by atoms with Gasteiger partial charge in [0.05, 0.1) is 17.6 Å². The molecular formula is C19H20N4O5S. The molecule has 10 heteroatoms. The molecule has 152 valence electrons. The number of carbonyl (C=O) groups is 2. The van der Waals surface area contributed by atoms with Gasteiger partial charge in [-0.3, -0.25) is 18.7 Å². The lowest BCUT2D eigenvalue weighted by Gasteiger charge is -2.09. The van der Waals surface area contributed by atoms with Crippen LogP contribution in [0.3, 0.4) is 0 Å². The largest absolute Gasteiger partial charge is 0.462 e. The maximum absolute atomic E-state index is 12.7. The van der Waals surface area contributed by atoms with Crippen molar-refractivity contribution in [3.05, 3.63) is 55.2 Å². The lowest BCUT2D eigenvalue weighted by atomic mass is 10.2. The Hall–Kier alpha value is -3.27. The molecule has 9 nitrogen and oxygen atoms in total. The molecule has 0 aromatic carbocycles. The summed E-state index contributed by atoms with van der Waals surface area (Å²) in [6, 6.07) is 4.55. The number of rotatable bonds is 5. The fourth-order valence-corrected chi connectivity index (χ4v) is 3.80. The summed E-state index contributed by atoms with van der Waals surface area (Å²) in [7, 11) is 2.86. The Kier molecular flexibility index (Phi) is 5.64. The van der Waals surface area contributed by atoms with Gasteiger partial charge in [0, 0.05) is 19.0 Å². The molecule has 3 heterocycles. The molecule has 0 radical (unpaired) electrons. The van der Waals surface area contributed by atoms with E-state index in [1.54, 1.807) is 13.0 Å². The van der Waals surface area contributed by atoms with Crippen LogP contribution in [0.5, 0.6) is 0 Å². The van der Waals surface area contributed by atoms with Crippen LogP contribution in [0, 0.1) is 0 Å². The van der Waals surface area contributed by atoms with E-state index < -0.39 is 23.1 Å². The van der Waals surface area contributed by atoms with Crippen LogP contribution < -0.4 is 16.6 Å². The summed E-state index contributed by atoms with van der Waals surface area (Å²) in [6.07, 6.45) is 0.701. The Labute approximate surface area is 169 Å². The maximum atomic E-state index is 12.7. The average Bonchev–Trinajstić information content (AvgIpc) is 3.13. The molecule has 3 aromatic rings. The van der Waals surface area contributed by atoms with Gasteiger partial charge >= 0.3 is 11.7 Å². The van der Waals surface area contributed by atoms with Crippen molar-refractivity contribution in [2.45, 2.75) is 20.3 Å². The summed E-state index contributed by atoms with van der Waals surface area (Å²) in [5.74, 6) is -1.08. The van der Waals surface area contributed by atoms with Crippen LogP contribution in [0.15, 0.2) is 27.8 Å². The number of hydrogen-bond acceptors (Lipinski definition) is 7. The number of nitrogens with zero attached hydrogens (tertiary/aromatic N) is 3. The molecule has 29 heavy (non-hydrogen) atoms. The number of amides is 1. The average molecular weight is 416 g/mol. The summed E-state index contributed by atoms with van der Waals surface area (Å²) in [4.78, 5) is 54.4. The van der Waals surface area contributed by atoms with Crippen molar-refractivity contribution in [2.24, 2.45) is 14.1 Å². The summed E-state index contributed by atoms with van der Waals surface area (Å²) in [6.45, 7) is 3.87. The first-order valence-electron chi connectivity index (χ1n) is 8.96. The molecule has 0 unspecified atom stereocenters. The monoisotopic (exact) mass is 416 g/mol. The summed E-state index contributed by atoms with van der Waals surface area (Å²) in [5.41, 5.74) is -0.621. The minimum absolute atomic E-state index is 0.0158. The van der Waals surface area contributed by atoms with Gasteiger partial charge < -0.3 is 10.1 Å². The van der Waals surface area contributed by atoms with E-state index in [1.807, 2.05) is 6.92 Å². The number of aryl methyl sites for hydroxylation is 2. The zero-order valence-electron chi connectivity index (χ0n) is 16.4. The van der Waals surface area contributed by atoms with Gasteiger partial charge in [-0.15, -0.1) is 11.3 Å². The Morgan fingerprint density at radius 3 is 2.55 bits per heavy atom. The highest BCUT2D eigenvalue weighted by molar-refractivity contribution is 7.16. The SMILES string of the molecule is CCOC(=O)c1cc(CC)sc1NC(=O)c1ccc2c(=O)n(C)c(=O)n(C)c2n1. The second-order valence-electron chi connectivity index (χ2n) is 6.26. The highest BCUT2D eigenvalue weighted by Crippen LogP contribution is 2.29. The number of esters is 1. The first kappa shape index (κ1) is 20.5. The number of anilines is 1. The summed E-state index contributed by atoms with van der Waals surface area (Å²) < 4.78 is 7.24. The van der Waals surface area contributed by atoms with Crippen molar-refractivity contribution in [3.63, 3.8) is 0 Å². The zero-order valence-corrected chi connectivity index (χ0v) is 17.3. The van der Waals surface area contributed by atoms with Crippen LogP contribution in [0.25, 0.3) is 11.0 Å². The van der Waals surface area contributed by atoms with Crippen molar-refractivity contribution in [2.75, 3.05) is 11.9 Å². The Bertz CT molecular complexity index is 1240. The first-order chi connectivity index (χ1) is 13.8. The van der Waals surface area contributed by atoms with E-state index in [-0.39, 0.29) is 28.9 Å². The number of fused-ring (bicyclic) bond motifs is 1. The van der Waals surface area contributed by atoms with Crippen molar-refractivity contribution in [1.82, 2.24) is 14.1 Å². The molecule has 1 amide bonds. The molecular weight excluding hydrogens is 396 g/mol. The Balaban J connectivity index is 2.01. The number of ether oxygens (including phenoxy) is 1. The fourth-order valence-electron chi connectivity index (χ4n) is 2.82. The molecule has 0 aliphatic carbocycles. The highest BCUT2D eigenvalue weighted by Gasteiger charge is 2.20. The molecule has 0 saturated carbocycles. The highest BCUT2D eigenvalue weighted by atomic mass is 32.1. The molecule has 0 atom stereocenters. The third-order valence-corrected chi connectivity index (χ3v) is 5.58. The second-order valence-corrected chi connectivity index (χ2v) is 7.39. The topological polar surface area (TPSA) is 112 Å². The van der Waals surface area contributed by atoms with E-state index in [9.17, 15) is 19.2 Å². The van der Waals surface area contributed by atoms with Gasteiger partial charge in [-0.2, -0.15) is 0 Å². The number of thiophene rings is 1. The molecule has 0 bridgehead atoms. The molecule has 3 aromatic heterocycles. The van der Waals surface area contributed by atoms with E-state index in [0.717, 1.165) is 9.44 Å². The standard InChI is InChI=1S/C19H20N4O5S/c1-5-10-9-12(18(26)28-6-2)16(29-10)21-15(24)13-8-7-11-14(20-13)22(3)19(27)23(4)17(11)25/h7-9H,5-6H2,1-4H3,(H,21,24). The van der Waals surface area contributed by atoms with Gasteiger partial charge in [0.25, 0.3) is 11.5 Å². The molecule has 0 aliphatic rings. The van der Waals surface area contributed by atoms with E-state index in [2.05, 4.69) is 10.3 Å². The van der Waals surface area contributed by atoms with E-state index >= 15 is 0 Å². The Morgan fingerprint density at radius 1 is 1.17 bits per heavy atom. The van der Waals surface area contributed by atoms with Gasteiger partial charge in [-0.05, 0) is 31.5 Å². The van der Waals surface area contributed by atoms with Crippen molar-refractivity contribution < 1.29 is 14.3 Å². The predicted octanol–water partition coefficient (Wildman–Crippen LogP) is 1.69. The number of aromatic nitrogens is 3. The third-order valence-electron chi connectivity index (χ3n) is 4.39. The number of hydrogen-bond donors (Lipinski definition) is 1. The molecule has 0 fully saturated rings. The first-order valence-corrected chi connectivity index (χ1v) is 9.78. The second kappa shape index (κ2) is 8.00. The van der Waals surface area contributed by atoms with Crippen molar-refractivity contribution in [3.8, 4) is 0 Å². The molecule has 3 rings (SSSR count). The minimum atomic E-state index is -0.560. The normalized spacial score (nSPS) is 10.9. The van der Waals surface area contributed by atoms with Crippen LogP contribution in [0.4, 0.5) is 5.00 Å². The number of carbonyl (C=O) groups excluding carboxylic acids is 2. The fraction of sp³-hybridized carbons (Fsp3) is 0.316. The number of nitrogens with one attached hydrogen (secondary N) is 1. The van der Waals surface area contributed by atoms with Crippen LogP contribution in [-0.4, -0.2) is 32.6 Å². The Morgan fingerprint density at radius 2 is 1.90 bits per heavy atom. The summed E-state index contributed by atoms with van der Waals surface area (Å²) >= 11 is 1.28. The minimum Gasteiger partial charge on any atom is -0.462 e. The maximum Gasteiger partial charge on any atom is 0.341 e. The van der Waals surface area contributed by atoms with Gasteiger partial charge in [0.1, 0.15) is 16.3 Å². The molecule has 0 saturated heterocycles. The van der Waals surface area contributed by atoms with Crippen LogP contribution in [-0.2, 0) is 25.3 Å². The number of pyridine rings is 1. The lowest BCUT2D eigenvalue weighted by molar-refractivity contribution is 0.0528. The van der Waals surface area contributed by atoms with Gasteiger partial charge in [-0.1, -0.05) is 6.92 Å². The van der Waals surface area contributed by atoms with Gasteiger partial charge in [-0.25, -0.2) is 14.6 Å².